The molecule has 15 nitrogen and oxygen atoms in total. The number of nitrogens with one attached hydrogen (secondary N) is 1. The van der Waals surface area contributed by atoms with Gasteiger partial charge in [0, 0.05) is 6.54 Å². The number of carbonyl (C=O) groups excluding carboxylic acids is 1. The molecule has 2 aromatic carbocycles. The highest BCUT2D eigenvalue weighted by Gasteiger charge is 2.02. The van der Waals surface area contributed by atoms with Gasteiger partial charge in [-0.25, -0.2) is 4.79 Å². The van der Waals surface area contributed by atoms with E-state index in [1.165, 1.54) is 0 Å². The SMILES string of the molecule is O=C(NCCOCCOCCOCCOCCOCCOCCOCCOCCOCCOCCOCCOc1ccccc1)OCc1ccccc1. The zero-order valence-corrected chi connectivity index (χ0v) is 31.2. The Hall–Kier alpha value is -2.93. The molecule has 1 N–H and O–H groups in total. The largest absolute Gasteiger partial charge is 0.491 e. The van der Waals surface area contributed by atoms with E-state index in [2.05, 4.69) is 5.32 Å². The third kappa shape index (κ3) is 32.2. The lowest BCUT2D eigenvalue weighted by Crippen LogP contribution is -2.28. The fraction of sp³-hybridized carbons (Fsp3) is 0.658. The van der Waals surface area contributed by atoms with E-state index in [1.807, 2.05) is 60.7 Å². The highest BCUT2D eigenvalue weighted by molar-refractivity contribution is 5.67. The van der Waals surface area contributed by atoms with Gasteiger partial charge in [0.1, 0.15) is 19.0 Å². The minimum absolute atomic E-state index is 0.236. The molecule has 0 fully saturated rings. The number of ether oxygens (including phenoxy) is 13. The van der Waals surface area contributed by atoms with Crippen LogP contribution in [0.4, 0.5) is 4.79 Å². The number of carbonyl (C=O) groups is 1. The van der Waals surface area contributed by atoms with E-state index in [0.717, 1.165) is 11.3 Å². The number of hydrogen-bond acceptors (Lipinski definition) is 14. The van der Waals surface area contributed by atoms with Crippen LogP contribution >= 0.6 is 0 Å². The van der Waals surface area contributed by atoms with Gasteiger partial charge in [0.2, 0.25) is 0 Å². The molecule has 302 valence electrons. The zero-order valence-electron chi connectivity index (χ0n) is 31.2. The summed E-state index contributed by atoms with van der Waals surface area (Å²) >= 11 is 0. The summed E-state index contributed by atoms with van der Waals surface area (Å²) in [5.74, 6) is 0.840. The number of rotatable bonds is 39. The molecule has 0 aromatic heterocycles. The second-order valence-corrected chi connectivity index (χ2v) is 10.9. The van der Waals surface area contributed by atoms with Gasteiger partial charge in [-0.2, -0.15) is 0 Å². The van der Waals surface area contributed by atoms with E-state index in [9.17, 15) is 4.79 Å². The quantitative estimate of drug-likeness (QED) is 0.0996. The first kappa shape index (κ1) is 46.2. The summed E-state index contributed by atoms with van der Waals surface area (Å²) in [5.41, 5.74) is 0.937. The molecule has 0 saturated heterocycles. The van der Waals surface area contributed by atoms with Crippen molar-refractivity contribution in [3.8, 4) is 5.75 Å². The molecule has 0 aliphatic carbocycles. The van der Waals surface area contributed by atoms with Crippen LogP contribution in [0.5, 0.6) is 5.75 Å². The molecule has 0 radical (unpaired) electrons. The van der Waals surface area contributed by atoms with Gasteiger partial charge in [-0.05, 0) is 17.7 Å². The van der Waals surface area contributed by atoms with Gasteiger partial charge in [0.05, 0.1) is 145 Å². The van der Waals surface area contributed by atoms with Crippen LogP contribution in [0, 0.1) is 0 Å². The van der Waals surface area contributed by atoms with E-state index < -0.39 is 6.09 Å². The monoisotopic (exact) mass is 755 g/mol. The summed E-state index contributed by atoms with van der Waals surface area (Å²) in [5, 5.41) is 2.64. The van der Waals surface area contributed by atoms with Crippen molar-refractivity contribution in [2.75, 3.05) is 159 Å². The van der Waals surface area contributed by atoms with E-state index in [4.69, 9.17) is 61.6 Å². The van der Waals surface area contributed by atoms with Crippen molar-refractivity contribution in [2.45, 2.75) is 6.61 Å². The Kier molecular flexibility index (Phi) is 32.6. The Labute approximate surface area is 314 Å². The van der Waals surface area contributed by atoms with Gasteiger partial charge in [-0.1, -0.05) is 48.5 Å². The molecule has 0 unspecified atom stereocenters. The van der Waals surface area contributed by atoms with Crippen molar-refractivity contribution < 1.29 is 66.4 Å². The average Bonchev–Trinajstić information content (AvgIpc) is 3.19. The highest BCUT2D eigenvalue weighted by Crippen LogP contribution is 2.07. The van der Waals surface area contributed by atoms with Crippen LogP contribution < -0.4 is 10.1 Å². The summed E-state index contributed by atoms with van der Waals surface area (Å²) in [7, 11) is 0. The summed E-state index contributed by atoms with van der Waals surface area (Å²) in [6.07, 6.45) is -0.470. The van der Waals surface area contributed by atoms with Gasteiger partial charge in [-0.3, -0.25) is 0 Å². The fourth-order valence-electron chi connectivity index (χ4n) is 4.04. The molecular formula is C38H61NO14. The minimum Gasteiger partial charge on any atom is -0.491 e. The minimum atomic E-state index is -0.470. The Morgan fingerprint density at radius 3 is 1.04 bits per heavy atom. The zero-order chi connectivity index (χ0) is 37.4. The van der Waals surface area contributed by atoms with Gasteiger partial charge in [-0.15, -0.1) is 0 Å². The molecule has 0 heterocycles. The molecule has 0 aliphatic rings. The first-order valence-electron chi connectivity index (χ1n) is 18.3. The number of para-hydroxylation sites is 1. The number of hydrogen-bond donors (Lipinski definition) is 1. The maximum Gasteiger partial charge on any atom is 0.407 e. The van der Waals surface area contributed by atoms with Gasteiger partial charge < -0.3 is 66.9 Å². The number of benzene rings is 2. The molecule has 0 bridgehead atoms. The van der Waals surface area contributed by atoms with Crippen LogP contribution in [0.1, 0.15) is 5.56 Å². The molecule has 0 atom stereocenters. The van der Waals surface area contributed by atoms with Gasteiger partial charge in [0.15, 0.2) is 0 Å². The molecule has 15 heteroatoms. The number of alkyl carbamates (subject to hydrolysis) is 1. The second-order valence-electron chi connectivity index (χ2n) is 10.9. The molecule has 2 aromatic rings. The molecule has 1 amide bonds. The fourth-order valence-corrected chi connectivity index (χ4v) is 4.04. The van der Waals surface area contributed by atoms with Crippen molar-refractivity contribution in [3.05, 3.63) is 66.2 Å². The van der Waals surface area contributed by atoms with E-state index in [0.29, 0.717) is 159 Å². The van der Waals surface area contributed by atoms with Crippen LogP contribution in [-0.4, -0.2) is 165 Å². The Morgan fingerprint density at radius 1 is 0.377 bits per heavy atom. The molecule has 0 spiro atoms. The third-order valence-electron chi connectivity index (χ3n) is 6.69. The van der Waals surface area contributed by atoms with Crippen LogP contribution in [0.25, 0.3) is 0 Å². The first-order chi connectivity index (χ1) is 26.3. The Balaban J connectivity index is 1.13. The van der Waals surface area contributed by atoms with Crippen molar-refractivity contribution in [3.63, 3.8) is 0 Å². The van der Waals surface area contributed by atoms with Crippen molar-refractivity contribution in [1.29, 1.82) is 0 Å². The molecule has 0 aliphatic heterocycles. The predicted octanol–water partition coefficient (Wildman–Crippen LogP) is 3.17. The normalized spacial score (nSPS) is 11.2. The van der Waals surface area contributed by atoms with Crippen LogP contribution in [0.2, 0.25) is 0 Å². The lowest BCUT2D eigenvalue weighted by atomic mass is 10.2. The standard InChI is InChI=1S/C38H61NO14/c40-38(53-35-36-7-3-1-4-8-36)39-11-12-41-13-14-42-15-16-43-17-18-44-19-20-45-21-22-46-23-24-47-25-26-48-27-28-49-29-30-50-31-32-51-33-34-52-37-9-5-2-6-10-37/h1-10H,11-35H2,(H,39,40). The van der Waals surface area contributed by atoms with Crippen molar-refractivity contribution in [1.82, 2.24) is 5.32 Å². The molecular weight excluding hydrogens is 694 g/mol. The van der Waals surface area contributed by atoms with E-state index in [1.54, 1.807) is 0 Å². The predicted molar refractivity (Wildman–Crippen MR) is 196 cm³/mol. The summed E-state index contributed by atoms with van der Waals surface area (Å²) in [6.45, 7) is 11.8. The molecule has 53 heavy (non-hydrogen) atoms. The Bertz CT molecular complexity index is 1040. The maximum absolute atomic E-state index is 11.7. The lowest BCUT2D eigenvalue weighted by Gasteiger charge is -2.09. The van der Waals surface area contributed by atoms with Crippen LogP contribution in [0.3, 0.4) is 0 Å². The van der Waals surface area contributed by atoms with Crippen molar-refractivity contribution >= 4 is 6.09 Å². The van der Waals surface area contributed by atoms with E-state index in [-0.39, 0.29) is 6.61 Å². The topological polar surface area (TPSA) is 149 Å². The summed E-state index contributed by atoms with van der Waals surface area (Å²) in [6, 6.07) is 19.2. The maximum atomic E-state index is 11.7. The van der Waals surface area contributed by atoms with Crippen LogP contribution in [-0.2, 0) is 63.4 Å². The smallest absolute Gasteiger partial charge is 0.407 e. The van der Waals surface area contributed by atoms with Gasteiger partial charge >= 0.3 is 6.09 Å². The average molecular weight is 756 g/mol. The van der Waals surface area contributed by atoms with Crippen molar-refractivity contribution in [2.24, 2.45) is 0 Å². The summed E-state index contributed by atoms with van der Waals surface area (Å²) < 4.78 is 70.9. The third-order valence-corrected chi connectivity index (χ3v) is 6.69. The second kappa shape index (κ2) is 37.4. The Morgan fingerprint density at radius 2 is 0.679 bits per heavy atom. The first-order valence-corrected chi connectivity index (χ1v) is 18.3. The lowest BCUT2D eigenvalue weighted by molar-refractivity contribution is -0.0277. The summed E-state index contributed by atoms with van der Waals surface area (Å²) in [4.78, 5) is 11.7. The molecule has 0 saturated carbocycles. The number of amides is 1. The van der Waals surface area contributed by atoms with E-state index >= 15 is 0 Å². The highest BCUT2D eigenvalue weighted by atomic mass is 16.6. The van der Waals surface area contributed by atoms with Crippen LogP contribution in [0.15, 0.2) is 60.7 Å². The van der Waals surface area contributed by atoms with Gasteiger partial charge in [0.25, 0.3) is 0 Å². The molecule has 2 rings (SSSR count).